The van der Waals surface area contributed by atoms with E-state index in [0.29, 0.717) is 6.04 Å². The van der Waals surface area contributed by atoms with E-state index in [1.807, 2.05) is 7.05 Å². The summed E-state index contributed by atoms with van der Waals surface area (Å²) in [7, 11) is 2.05. The Balaban J connectivity index is 1.97. The molecule has 0 radical (unpaired) electrons. The number of hydrogen-bond donors (Lipinski definition) is 1. The normalized spacial score (nSPS) is 12.9. The zero-order valence-electron chi connectivity index (χ0n) is 10.8. The fourth-order valence-corrected chi connectivity index (χ4v) is 2.93. The summed E-state index contributed by atoms with van der Waals surface area (Å²) in [5, 5.41) is 4.68. The van der Waals surface area contributed by atoms with E-state index in [2.05, 4.69) is 54.1 Å². The average Bonchev–Trinajstić information content (AvgIpc) is 2.81. The Bertz CT molecular complexity index is 498. The van der Waals surface area contributed by atoms with E-state index < -0.39 is 0 Å². The van der Waals surface area contributed by atoms with Crippen molar-refractivity contribution in [2.24, 2.45) is 7.05 Å². The molecule has 0 spiro atoms. The molecule has 92 valence electrons. The third-order valence-electron chi connectivity index (χ3n) is 2.84. The first-order chi connectivity index (χ1) is 8.06. The van der Waals surface area contributed by atoms with E-state index in [1.165, 1.54) is 10.4 Å². The van der Waals surface area contributed by atoms with Crippen LogP contribution in [0, 0.1) is 13.8 Å². The second-order valence-corrected chi connectivity index (χ2v) is 5.71. The Kier molecular flexibility index (Phi) is 3.64. The Morgan fingerprint density at radius 3 is 2.76 bits per heavy atom. The smallest absolute Gasteiger partial charge is 0.0900 e. The standard InChI is InChI=1S/C13H19N3S/c1-9(13-10(2)15-11(3)17-13)14-7-12-5-6-16(4)8-12/h5-6,8-9,14H,7H2,1-4H3. The van der Waals surface area contributed by atoms with Gasteiger partial charge in [-0.15, -0.1) is 11.3 Å². The van der Waals surface area contributed by atoms with Crippen LogP contribution in [0.1, 0.15) is 34.1 Å². The van der Waals surface area contributed by atoms with Crippen molar-refractivity contribution < 1.29 is 0 Å². The number of thiazole rings is 1. The van der Waals surface area contributed by atoms with Gasteiger partial charge in [0.1, 0.15) is 0 Å². The molecule has 17 heavy (non-hydrogen) atoms. The Morgan fingerprint density at radius 1 is 1.47 bits per heavy atom. The molecule has 0 saturated carbocycles. The predicted molar refractivity (Wildman–Crippen MR) is 72.3 cm³/mol. The fraction of sp³-hybridized carbons (Fsp3) is 0.462. The van der Waals surface area contributed by atoms with Crippen LogP contribution in [0.5, 0.6) is 0 Å². The van der Waals surface area contributed by atoms with Crippen molar-refractivity contribution in [3.63, 3.8) is 0 Å². The van der Waals surface area contributed by atoms with Crippen molar-refractivity contribution in [2.75, 3.05) is 0 Å². The van der Waals surface area contributed by atoms with Crippen molar-refractivity contribution >= 4 is 11.3 Å². The first-order valence-electron chi connectivity index (χ1n) is 5.84. The van der Waals surface area contributed by atoms with Gasteiger partial charge >= 0.3 is 0 Å². The van der Waals surface area contributed by atoms with E-state index in [4.69, 9.17) is 0 Å². The van der Waals surface area contributed by atoms with Crippen LogP contribution in [0.3, 0.4) is 0 Å². The first kappa shape index (κ1) is 12.3. The molecule has 2 rings (SSSR count). The molecular formula is C13H19N3S. The van der Waals surface area contributed by atoms with Crippen LogP contribution in [0.15, 0.2) is 18.5 Å². The van der Waals surface area contributed by atoms with Crippen LogP contribution in [-0.4, -0.2) is 9.55 Å². The van der Waals surface area contributed by atoms with Gasteiger partial charge in [-0.2, -0.15) is 0 Å². The zero-order chi connectivity index (χ0) is 12.4. The van der Waals surface area contributed by atoms with Crippen LogP contribution >= 0.6 is 11.3 Å². The highest BCUT2D eigenvalue weighted by molar-refractivity contribution is 7.11. The van der Waals surface area contributed by atoms with Gasteiger partial charge in [-0.05, 0) is 32.4 Å². The summed E-state index contributed by atoms with van der Waals surface area (Å²) in [6.45, 7) is 7.24. The molecule has 2 aromatic rings. The zero-order valence-corrected chi connectivity index (χ0v) is 11.6. The third-order valence-corrected chi connectivity index (χ3v) is 4.09. The molecule has 1 unspecified atom stereocenters. The maximum atomic E-state index is 4.47. The molecular weight excluding hydrogens is 230 g/mol. The highest BCUT2D eigenvalue weighted by atomic mass is 32.1. The summed E-state index contributed by atoms with van der Waals surface area (Å²) in [4.78, 5) is 5.81. The maximum absolute atomic E-state index is 4.47. The molecule has 0 aliphatic carbocycles. The average molecular weight is 249 g/mol. The van der Waals surface area contributed by atoms with E-state index >= 15 is 0 Å². The van der Waals surface area contributed by atoms with Crippen molar-refractivity contribution in [3.8, 4) is 0 Å². The van der Waals surface area contributed by atoms with Crippen LogP contribution in [0.25, 0.3) is 0 Å². The number of nitrogens with zero attached hydrogens (tertiary/aromatic N) is 2. The molecule has 0 fully saturated rings. The van der Waals surface area contributed by atoms with Crippen molar-refractivity contribution in [1.82, 2.24) is 14.9 Å². The first-order valence-corrected chi connectivity index (χ1v) is 6.66. The minimum Gasteiger partial charge on any atom is -0.357 e. The van der Waals surface area contributed by atoms with E-state index in [1.54, 1.807) is 11.3 Å². The molecule has 2 heterocycles. The number of nitrogens with one attached hydrogen (secondary N) is 1. The summed E-state index contributed by atoms with van der Waals surface area (Å²) in [5.74, 6) is 0. The monoisotopic (exact) mass is 249 g/mol. The minimum absolute atomic E-state index is 0.362. The molecule has 0 amide bonds. The maximum Gasteiger partial charge on any atom is 0.0900 e. The van der Waals surface area contributed by atoms with Gasteiger partial charge in [0, 0.05) is 36.9 Å². The molecule has 0 aromatic carbocycles. The molecule has 0 saturated heterocycles. The Morgan fingerprint density at radius 2 is 2.24 bits per heavy atom. The molecule has 0 aliphatic rings. The highest BCUT2D eigenvalue weighted by Crippen LogP contribution is 2.24. The van der Waals surface area contributed by atoms with Gasteiger partial charge < -0.3 is 9.88 Å². The van der Waals surface area contributed by atoms with Gasteiger partial charge in [-0.1, -0.05) is 0 Å². The minimum atomic E-state index is 0.362. The van der Waals surface area contributed by atoms with Gasteiger partial charge in [-0.3, -0.25) is 0 Å². The van der Waals surface area contributed by atoms with Crippen LogP contribution in [0.4, 0.5) is 0 Å². The quantitative estimate of drug-likeness (QED) is 0.903. The lowest BCUT2D eigenvalue weighted by Crippen LogP contribution is -2.17. The molecule has 0 aliphatic heterocycles. The number of rotatable bonds is 4. The molecule has 1 N–H and O–H groups in total. The summed E-state index contributed by atoms with van der Waals surface area (Å²) in [6.07, 6.45) is 4.22. The summed E-state index contributed by atoms with van der Waals surface area (Å²) in [6, 6.07) is 2.51. The van der Waals surface area contributed by atoms with E-state index in [9.17, 15) is 0 Å². The lowest BCUT2D eigenvalue weighted by molar-refractivity contribution is 0.579. The second kappa shape index (κ2) is 5.02. The topological polar surface area (TPSA) is 29.9 Å². The highest BCUT2D eigenvalue weighted by Gasteiger charge is 2.12. The number of aromatic nitrogens is 2. The Hall–Kier alpha value is -1.13. The van der Waals surface area contributed by atoms with Crippen LogP contribution < -0.4 is 5.32 Å². The van der Waals surface area contributed by atoms with Gasteiger partial charge in [0.2, 0.25) is 0 Å². The molecule has 4 heteroatoms. The van der Waals surface area contributed by atoms with Crippen molar-refractivity contribution in [2.45, 2.75) is 33.4 Å². The van der Waals surface area contributed by atoms with Crippen molar-refractivity contribution in [1.29, 1.82) is 0 Å². The lowest BCUT2D eigenvalue weighted by atomic mass is 10.2. The molecule has 0 bridgehead atoms. The third kappa shape index (κ3) is 2.96. The predicted octanol–water partition coefficient (Wildman–Crippen LogP) is 2.95. The van der Waals surface area contributed by atoms with Crippen molar-refractivity contribution in [3.05, 3.63) is 39.6 Å². The lowest BCUT2D eigenvalue weighted by Gasteiger charge is -2.11. The molecule has 1 atom stereocenters. The van der Waals surface area contributed by atoms with Gasteiger partial charge in [0.05, 0.1) is 10.7 Å². The largest absolute Gasteiger partial charge is 0.357 e. The van der Waals surface area contributed by atoms with E-state index in [0.717, 1.165) is 17.2 Å². The van der Waals surface area contributed by atoms with E-state index in [-0.39, 0.29) is 0 Å². The fourth-order valence-electron chi connectivity index (χ4n) is 1.98. The summed E-state index contributed by atoms with van der Waals surface area (Å²) >= 11 is 1.78. The van der Waals surface area contributed by atoms with Crippen LogP contribution in [0.2, 0.25) is 0 Å². The Labute approximate surface area is 107 Å². The van der Waals surface area contributed by atoms with Gasteiger partial charge in [0.15, 0.2) is 0 Å². The van der Waals surface area contributed by atoms with Gasteiger partial charge in [0.25, 0.3) is 0 Å². The molecule has 3 nitrogen and oxygen atoms in total. The van der Waals surface area contributed by atoms with Crippen LogP contribution in [-0.2, 0) is 13.6 Å². The summed E-state index contributed by atoms with van der Waals surface area (Å²) in [5.41, 5.74) is 2.47. The second-order valence-electron chi connectivity index (χ2n) is 4.47. The number of hydrogen-bond acceptors (Lipinski definition) is 3. The summed E-state index contributed by atoms with van der Waals surface area (Å²) < 4.78 is 2.07. The number of aryl methyl sites for hydroxylation is 3. The SMILES string of the molecule is Cc1nc(C)c(C(C)NCc2ccn(C)c2)s1. The van der Waals surface area contributed by atoms with Gasteiger partial charge in [-0.25, -0.2) is 4.98 Å². The molecule has 2 aromatic heterocycles.